The number of hydrogen-bond acceptors (Lipinski definition) is 3. The number of nitrogens with two attached hydrogens (primary N) is 1. The van der Waals surface area contributed by atoms with E-state index in [4.69, 9.17) is 5.73 Å². The molecule has 0 aliphatic heterocycles. The number of aromatic amines is 1. The molecule has 3 N–H and O–H groups in total. The molecule has 5 nitrogen and oxygen atoms in total. The second-order valence-corrected chi connectivity index (χ2v) is 7.08. The van der Waals surface area contributed by atoms with Gasteiger partial charge in [-0.2, -0.15) is 13.2 Å². The summed E-state index contributed by atoms with van der Waals surface area (Å²) in [6.07, 6.45) is 1.79. The fourth-order valence-corrected chi connectivity index (χ4v) is 3.28. The summed E-state index contributed by atoms with van der Waals surface area (Å²) < 4.78 is 38.1. The van der Waals surface area contributed by atoms with Crippen LogP contribution in [0.5, 0.6) is 0 Å². The Hall–Kier alpha value is -4.20. The van der Waals surface area contributed by atoms with Gasteiger partial charge >= 0.3 is 6.18 Å². The summed E-state index contributed by atoms with van der Waals surface area (Å²) in [5.41, 5.74) is 7.87. The number of rotatable bonds is 5. The van der Waals surface area contributed by atoms with Gasteiger partial charge in [-0.1, -0.05) is 36.4 Å². The van der Waals surface area contributed by atoms with Crippen molar-refractivity contribution in [3.8, 4) is 11.1 Å². The third-order valence-electron chi connectivity index (χ3n) is 4.95. The first-order chi connectivity index (χ1) is 15.2. The first-order valence-corrected chi connectivity index (χ1v) is 9.49. The molecule has 4 rings (SSSR count). The summed E-state index contributed by atoms with van der Waals surface area (Å²) in [5, 5.41) is 0.796. The van der Waals surface area contributed by atoms with Gasteiger partial charge in [0.05, 0.1) is 5.56 Å². The largest absolute Gasteiger partial charge is 0.416 e. The number of pyridine rings is 1. The highest BCUT2D eigenvalue weighted by atomic mass is 19.4. The van der Waals surface area contributed by atoms with Crippen LogP contribution in [-0.2, 0) is 11.0 Å². The first-order valence-electron chi connectivity index (χ1n) is 9.49. The third kappa shape index (κ3) is 4.29. The van der Waals surface area contributed by atoms with Crippen LogP contribution in [0.4, 0.5) is 13.2 Å². The molecule has 0 saturated carbocycles. The Kier molecular flexibility index (Phi) is 5.36. The molecule has 2 heterocycles. The number of ketones is 1. The summed E-state index contributed by atoms with van der Waals surface area (Å²) in [7, 11) is 0. The molecule has 0 atom stereocenters. The van der Waals surface area contributed by atoms with Crippen LogP contribution in [0.2, 0.25) is 0 Å². The average molecular weight is 435 g/mol. The van der Waals surface area contributed by atoms with Crippen LogP contribution < -0.4 is 5.73 Å². The minimum absolute atomic E-state index is 0.173. The molecule has 160 valence electrons. The van der Waals surface area contributed by atoms with E-state index in [2.05, 4.69) is 9.97 Å². The summed E-state index contributed by atoms with van der Waals surface area (Å²) in [6.45, 7) is 0. The molecular formula is C24H16F3N3O2. The number of nitrogens with zero attached hydrogens (tertiary/aromatic N) is 1. The number of halogens is 3. The molecule has 0 fully saturated rings. The van der Waals surface area contributed by atoms with Crippen molar-refractivity contribution in [2.24, 2.45) is 5.73 Å². The van der Waals surface area contributed by atoms with Crippen molar-refractivity contribution in [2.75, 3.05) is 0 Å². The molecule has 0 aliphatic carbocycles. The molecule has 0 spiro atoms. The summed E-state index contributed by atoms with van der Waals surface area (Å²) in [4.78, 5) is 31.0. The number of carbonyl (C=O) groups is 2. The van der Waals surface area contributed by atoms with Crippen molar-refractivity contribution in [1.82, 2.24) is 9.97 Å². The Morgan fingerprint density at radius 2 is 1.56 bits per heavy atom. The number of alkyl halides is 3. The molecule has 0 saturated heterocycles. The molecule has 32 heavy (non-hydrogen) atoms. The topological polar surface area (TPSA) is 88.8 Å². The Balaban J connectivity index is 1.59. The standard InChI is InChI=1S/C24H16F3N3O2/c25-24(26,27)19-8-5-16(6-9-19)22(32)15-3-1-14(2-4-15)18-11-20-17(7-10-21(28)31)12-29-23(20)30-13-18/h1-13H,(H2,28,31)(H,29,30)/b10-7+. The van der Waals surface area contributed by atoms with Gasteiger partial charge in [0, 0.05) is 46.1 Å². The van der Waals surface area contributed by atoms with E-state index in [9.17, 15) is 22.8 Å². The number of aromatic nitrogens is 2. The van der Waals surface area contributed by atoms with E-state index >= 15 is 0 Å². The van der Waals surface area contributed by atoms with E-state index < -0.39 is 17.6 Å². The highest BCUT2D eigenvalue weighted by molar-refractivity contribution is 6.09. The molecule has 1 amide bonds. The summed E-state index contributed by atoms with van der Waals surface area (Å²) in [6, 6.07) is 12.7. The lowest BCUT2D eigenvalue weighted by Gasteiger charge is -2.08. The number of benzene rings is 2. The Bertz CT molecular complexity index is 1340. The molecule has 2 aromatic carbocycles. The van der Waals surface area contributed by atoms with E-state index in [1.807, 2.05) is 6.07 Å². The van der Waals surface area contributed by atoms with Crippen molar-refractivity contribution in [2.45, 2.75) is 6.18 Å². The van der Waals surface area contributed by atoms with E-state index in [-0.39, 0.29) is 11.3 Å². The number of amides is 1. The lowest BCUT2D eigenvalue weighted by atomic mass is 9.99. The molecule has 4 aromatic rings. The van der Waals surface area contributed by atoms with Gasteiger partial charge in [0.15, 0.2) is 5.78 Å². The normalized spacial score (nSPS) is 11.8. The summed E-state index contributed by atoms with van der Waals surface area (Å²) in [5.74, 6) is -0.930. The highest BCUT2D eigenvalue weighted by Gasteiger charge is 2.30. The maximum Gasteiger partial charge on any atom is 0.416 e. The van der Waals surface area contributed by atoms with Crippen molar-refractivity contribution < 1.29 is 22.8 Å². The third-order valence-corrected chi connectivity index (χ3v) is 4.95. The number of hydrogen-bond donors (Lipinski definition) is 2. The number of H-pyrrole nitrogens is 1. The van der Waals surface area contributed by atoms with Gasteiger partial charge in [0.25, 0.3) is 0 Å². The maximum atomic E-state index is 12.7. The number of fused-ring (bicyclic) bond motifs is 1. The molecule has 2 aromatic heterocycles. The molecule has 0 bridgehead atoms. The van der Waals surface area contributed by atoms with Gasteiger partial charge in [-0.15, -0.1) is 0 Å². The SMILES string of the molecule is NC(=O)/C=C/c1c[nH]c2ncc(-c3ccc(C(=O)c4ccc(C(F)(F)F)cc4)cc3)cc12. The second-order valence-electron chi connectivity index (χ2n) is 7.08. The smallest absolute Gasteiger partial charge is 0.366 e. The minimum atomic E-state index is -4.45. The molecule has 8 heteroatoms. The van der Waals surface area contributed by atoms with Crippen molar-refractivity contribution in [1.29, 1.82) is 0 Å². The molecule has 0 aliphatic rings. The monoisotopic (exact) mass is 435 g/mol. The number of primary amides is 1. The van der Waals surface area contributed by atoms with Crippen LogP contribution in [0.3, 0.4) is 0 Å². The van der Waals surface area contributed by atoms with E-state index in [1.54, 1.807) is 42.7 Å². The van der Waals surface area contributed by atoms with Gasteiger partial charge in [0.1, 0.15) is 5.65 Å². The number of nitrogens with one attached hydrogen (secondary N) is 1. The molecule has 0 unspecified atom stereocenters. The molecular weight excluding hydrogens is 419 g/mol. The highest BCUT2D eigenvalue weighted by Crippen LogP contribution is 2.30. The Labute approximate surface area is 180 Å². The van der Waals surface area contributed by atoms with Crippen LogP contribution in [0.25, 0.3) is 28.2 Å². The van der Waals surface area contributed by atoms with Gasteiger partial charge < -0.3 is 10.7 Å². The zero-order valence-electron chi connectivity index (χ0n) is 16.5. The fourth-order valence-electron chi connectivity index (χ4n) is 3.28. The predicted octanol–water partition coefficient (Wildman–Crippen LogP) is 4.98. The molecule has 0 radical (unpaired) electrons. The van der Waals surface area contributed by atoms with Crippen LogP contribution in [0.15, 0.2) is 73.1 Å². The van der Waals surface area contributed by atoms with Gasteiger partial charge in [-0.05, 0) is 29.8 Å². The minimum Gasteiger partial charge on any atom is -0.366 e. The quantitative estimate of drug-likeness (QED) is 0.342. The number of carbonyl (C=O) groups excluding carboxylic acids is 2. The van der Waals surface area contributed by atoms with Crippen molar-refractivity contribution >= 4 is 28.8 Å². The van der Waals surface area contributed by atoms with Crippen molar-refractivity contribution in [3.63, 3.8) is 0 Å². The predicted molar refractivity (Wildman–Crippen MR) is 115 cm³/mol. The first kappa shape index (κ1) is 21.0. The van der Waals surface area contributed by atoms with E-state index in [0.29, 0.717) is 11.2 Å². The zero-order valence-corrected chi connectivity index (χ0v) is 16.5. The van der Waals surface area contributed by atoms with Crippen LogP contribution >= 0.6 is 0 Å². The van der Waals surface area contributed by atoms with E-state index in [0.717, 1.165) is 34.2 Å². The lowest BCUT2D eigenvalue weighted by molar-refractivity contribution is -0.137. The fraction of sp³-hybridized carbons (Fsp3) is 0.0417. The van der Waals surface area contributed by atoms with E-state index in [1.165, 1.54) is 18.2 Å². The van der Waals surface area contributed by atoms with Gasteiger partial charge in [-0.3, -0.25) is 9.59 Å². The average Bonchev–Trinajstić information content (AvgIpc) is 3.19. The Morgan fingerprint density at radius 3 is 2.16 bits per heavy atom. The second kappa shape index (κ2) is 8.14. The lowest BCUT2D eigenvalue weighted by Crippen LogP contribution is -2.06. The Morgan fingerprint density at radius 1 is 0.938 bits per heavy atom. The van der Waals surface area contributed by atoms with Crippen molar-refractivity contribution in [3.05, 3.63) is 95.3 Å². The van der Waals surface area contributed by atoms with Gasteiger partial charge in [-0.25, -0.2) is 4.98 Å². The van der Waals surface area contributed by atoms with Crippen LogP contribution in [-0.4, -0.2) is 21.7 Å². The van der Waals surface area contributed by atoms with Gasteiger partial charge in [0.2, 0.25) is 5.91 Å². The summed E-state index contributed by atoms with van der Waals surface area (Å²) >= 11 is 0. The maximum absolute atomic E-state index is 12.7. The van der Waals surface area contributed by atoms with Crippen LogP contribution in [0.1, 0.15) is 27.0 Å². The zero-order chi connectivity index (χ0) is 22.9. The van der Waals surface area contributed by atoms with Crippen LogP contribution in [0, 0.1) is 0 Å².